The molecule has 0 radical (unpaired) electrons. The second-order valence-electron chi connectivity index (χ2n) is 5.87. The summed E-state index contributed by atoms with van der Waals surface area (Å²) in [7, 11) is 0. The number of benzene rings is 3. The molecule has 4 nitrogen and oxygen atoms in total. The minimum atomic E-state index is -0.885. The lowest BCUT2D eigenvalue weighted by molar-refractivity contribution is 0.0249. The van der Waals surface area contributed by atoms with Crippen molar-refractivity contribution in [2.75, 3.05) is 4.90 Å². The Kier molecular flexibility index (Phi) is 4.19. The Bertz CT molecular complexity index is 987. The zero-order valence-electron chi connectivity index (χ0n) is 13.6. The van der Waals surface area contributed by atoms with Crippen molar-refractivity contribution < 1.29 is 14.3 Å². The van der Waals surface area contributed by atoms with Gasteiger partial charge < -0.3 is 4.74 Å². The Morgan fingerprint density at radius 1 is 0.923 bits per heavy atom. The van der Waals surface area contributed by atoms with E-state index in [4.69, 9.17) is 16.3 Å². The molecule has 0 saturated heterocycles. The van der Waals surface area contributed by atoms with Gasteiger partial charge in [-0.2, -0.15) is 0 Å². The number of cyclic esters (lactones) is 1. The molecule has 128 valence electrons. The topological polar surface area (TPSA) is 46.6 Å². The van der Waals surface area contributed by atoms with Crippen molar-refractivity contribution in [3.63, 3.8) is 0 Å². The fourth-order valence-electron chi connectivity index (χ4n) is 3.01. The molecule has 1 atom stereocenters. The summed E-state index contributed by atoms with van der Waals surface area (Å²) >= 11 is 6.10. The molecule has 0 saturated carbocycles. The summed E-state index contributed by atoms with van der Waals surface area (Å²) in [5.74, 6) is -0.724. The van der Waals surface area contributed by atoms with Gasteiger partial charge in [0.2, 0.25) is 6.23 Å². The second-order valence-corrected chi connectivity index (χ2v) is 6.31. The van der Waals surface area contributed by atoms with E-state index in [9.17, 15) is 9.59 Å². The monoisotopic (exact) mass is 363 g/mol. The predicted octanol–water partition coefficient (Wildman–Crippen LogP) is 4.86. The molecule has 0 N–H and O–H groups in total. The maximum atomic E-state index is 13.2. The molecule has 3 aromatic carbocycles. The number of ether oxygens (including phenoxy) is 1. The van der Waals surface area contributed by atoms with Crippen molar-refractivity contribution in [1.82, 2.24) is 0 Å². The number of fused-ring (bicyclic) bond motifs is 1. The Hall–Kier alpha value is -3.11. The van der Waals surface area contributed by atoms with Crippen LogP contribution in [-0.4, -0.2) is 11.9 Å². The van der Waals surface area contributed by atoms with Gasteiger partial charge in [0.25, 0.3) is 5.91 Å². The van der Waals surface area contributed by atoms with Crippen LogP contribution in [0, 0.1) is 0 Å². The second kappa shape index (κ2) is 6.65. The molecule has 0 unspecified atom stereocenters. The maximum absolute atomic E-state index is 13.2. The number of esters is 1. The molecule has 4 rings (SSSR count). The summed E-state index contributed by atoms with van der Waals surface area (Å²) in [6.45, 7) is 0. The largest absolute Gasteiger partial charge is 0.433 e. The van der Waals surface area contributed by atoms with Gasteiger partial charge in [0.1, 0.15) is 0 Å². The van der Waals surface area contributed by atoms with Gasteiger partial charge in [-0.15, -0.1) is 0 Å². The molecule has 0 bridgehead atoms. The molecule has 1 aliphatic heterocycles. The van der Waals surface area contributed by atoms with E-state index in [0.717, 1.165) is 0 Å². The van der Waals surface area contributed by atoms with Gasteiger partial charge in [0.15, 0.2) is 0 Å². The number of para-hydroxylation sites is 1. The summed E-state index contributed by atoms with van der Waals surface area (Å²) < 4.78 is 5.62. The molecule has 5 heteroatoms. The molecule has 1 heterocycles. The zero-order valence-corrected chi connectivity index (χ0v) is 14.4. The van der Waals surface area contributed by atoms with Crippen molar-refractivity contribution in [3.8, 4) is 0 Å². The minimum absolute atomic E-state index is 0.254. The smallest absolute Gasteiger partial charge is 0.342 e. The van der Waals surface area contributed by atoms with Crippen molar-refractivity contribution >= 4 is 29.2 Å². The van der Waals surface area contributed by atoms with Gasteiger partial charge in [-0.25, -0.2) is 4.79 Å². The first kappa shape index (κ1) is 16.4. The SMILES string of the molecule is O=C1O[C@H](c2cccc(Cl)c2)N(C(=O)c2ccccc2)c2ccccc21. The molecular weight excluding hydrogens is 350 g/mol. The van der Waals surface area contributed by atoms with E-state index < -0.39 is 12.2 Å². The highest BCUT2D eigenvalue weighted by Gasteiger charge is 2.37. The van der Waals surface area contributed by atoms with Crippen LogP contribution in [-0.2, 0) is 4.74 Å². The van der Waals surface area contributed by atoms with Crippen LogP contribution in [0.1, 0.15) is 32.5 Å². The highest BCUT2D eigenvalue weighted by atomic mass is 35.5. The number of carbonyl (C=O) groups is 2. The van der Waals surface area contributed by atoms with Crippen LogP contribution in [0.5, 0.6) is 0 Å². The number of carbonyl (C=O) groups excluding carboxylic acids is 2. The standard InChI is InChI=1S/C21H14ClNO3/c22-16-10-6-9-15(13-16)20-23(19(24)14-7-2-1-3-8-14)18-12-5-4-11-17(18)21(25)26-20/h1-13,20H/t20-/m1/s1. The van der Waals surface area contributed by atoms with Gasteiger partial charge in [-0.05, 0) is 36.4 Å². The third-order valence-electron chi connectivity index (χ3n) is 4.21. The fourth-order valence-corrected chi connectivity index (χ4v) is 3.21. The van der Waals surface area contributed by atoms with Crippen LogP contribution in [0.25, 0.3) is 0 Å². The van der Waals surface area contributed by atoms with Crippen LogP contribution in [0.15, 0.2) is 78.9 Å². The molecule has 1 amide bonds. The van der Waals surface area contributed by atoms with E-state index in [1.807, 2.05) is 6.07 Å². The predicted molar refractivity (Wildman–Crippen MR) is 99.3 cm³/mol. The first-order valence-corrected chi connectivity index (χ1v) is 8.47. The van der Waals surface area contributed by atoms with Crippen LogP contribution < -0.4 is 4.90 Å². The van der Waals surface area contributed by atoms with Crippen LogP contribution in [0.4, 0.5) is 5.69 Å². The van der Waals surface area contributed by atoms with E-state index in [0.29, 0.717) is 27.4 Å². The van der Waals surface area contributed by atoms with Crippen molar-refractivity contribution in [2.24, 2.45) is 0 Å². The number of hydrogen-bond donors (Lipinski definition) is 0. The lowest BCUT2D eigenvalue weighted by Gasteiger charge is -2.36. The molecule has 0 fully saturated rings. The highest BCUT2D eigenvalue weighted by molar-refractivity contribution is 6.30. The highest BCUT2D eigenvalue weighted by Crippen LogP contribution is 2.38. The van der Waals surface area contributed by atoms with E-state index >= 15 is 0 Å². The van der Waals surface area contributed by atoms with Gasteiger partial charge >= 0.3 is 5.97 Å². The van der Waals surface area contributed by atoms with Crippen LogP contribution >= 0.6 is 11.6 Å². The number of anilines is 1. The molecule has 26 heavy (non-hydrogen) atoms. The maximum Gasteiger partial charge on any atom is 0.342 e. The Morgan fingerprint density at radius 2 is 1.65 bits per heavy atom. The normalized spacial score (nSPS) is 16.0. The zero-order chi connectivity index (χ0) is 18.1. The molecule has 0 aliphatic carbocycles. The van der Waals surface area contributed by atoms with Crippen LogP contribution in [0.3, 0.4) is 0 Å². The summed E-state index contributed by atoms with van der Waals surface area (Å²) in [6, 6.07) is 22.8. The number of halogens is 1. The van der Waals surface area contributed by atoms with Gasteiger partial charge in [0, 0.05) is 16.1 Å². The van der Waals surface area contributed by atoms with Crippen molar-refractivity contribution in [1.29, 1.82) is 0 Å². The van der Waals surface area contributed by atoms with E-state index in [2.05, 4.69) is 0 Å². The summed E-state index contributed by atoms with van der Waals surface area (Å²) in [4.78, 5) is 27.2. The Labute approximate surface area is 155 Å². The molecule has 0 aromatic heterocycles. The third-order valence-corrected chi connectivity index (χ3v) is 4.45. The van der Waals surface area contributed by atoms with Gasteiger partial charge in [-0.1, -0.05) is 54.1 Å². The average molecular weight is 364 g/mol. The van der Waals surface area contributed by atoms with Crippen LogP contribution in [0.2, 0.25) is 5.02 Å². The summed E-state index contributed by atoms with van der Waals surface area (Å²) in [6.07, 6.45) is -0.885. The Balaban J connectivity index is 1.87. The Morgan fingerprint density at radius 3 is 2.42 bits per heavy atom. The number of nitrogens with zero attached hydrogens (tertiary/aromatic N) is 1. The minimum Gasteiger partial charge on any atom is -0.433 e. The lowest BCUT2D eigenvalue weighted by atomic mass is 10.0. The van der Waals surface area contributed by atoms with E-state index in [1.54, 1.807) is 72.8 Å². The van der Waals surface area contributed by atoms with Crippen molar-refractivity contribution in [2.45, 2.75) is 6.23 Å². The lowest BCUT2D eigenvalue weighted by Crippen LogP contribution is -2.41. The fraction of sp³-hybridized carbons (Fsp3) is 0.0476. The quantitative estimate of drug-likeness (QED) is 0.611. The third kappa shape index (κ3) is 2.85. The van der Waals surface area contributed by atoms with E-state index in [1.165, 1.54) is 4.90 Å². The van der Waals surface area contributed by atoms with Gasteiger partial charge in [0.05, 0.1) is 11.3 Å². The number of amides is 1. The number of hydrogen-bond acceptors (Lipinski definition) is 3. The van der Waals surface area contributed by atoms with Gasteiger partial charge in [-0.3, -0.25) is 9.69 Å². The molecule has 0 spiro atoms. The molecule has 3 aromatic rings. The summed E-state index contributed by atoms with van der Waals surface area (Å²) in [5, 5.41) is 0.504. The van der Waals surface area contributed by atoms with Crippen molar-refractivity contribution in [3.05, 3.63) is 101 Å². The molecule has 1 aliphatic rings. The number of rotatable bonds is 2. The first-order chi connectivity index (χ1) is 12.6. The first-order valence-electron chi connectivity index (χ1n) is 8.09. The van der Waals surface area contributed by atoms with E-state index in [-0.39, 0.29) is 5.91 Å². The summed E-state index contributed by atoms with van der Waals surface area (Å²) in [5.41, 5.74) is 2.01. The molecular formula is C21H14ClNO3. The average Bonchev–Trinajstić information content (AvgIpc) is 2.68.